The molecule has 1 fully saturated rings. The van der Waals surface area contributed by atoms with E-state index in [1.807, 2.05) is 0 Å². The lowest BCUT2D eigenvalue weighted by molar-refractivity contribution is -0.142. The predicted octanol–water partition coefficient (Wildman–Crippen LogP) is 3.27. The molecule has 1 aromatic rings. The van der Waals surface area contributed by atoms with Crippen LogP contribution in [0.1, 0.15) is 12.8 Å². The maximum absolute atomic E-state index is 10.9. The van der Waals surface area contributed by atoms with Gasteiger partial charge in [0.25, 0.3) is 0 Å². The lowest BCUT2D eigenvalue weighted by atomic mass is 10.1. The smallest absolute Gasteiger partial charge is 0.311 e. The van der Waals surface area contributed by atoms with Crippen LogP contribution in [0, 0.1) is 5.41 Å². The van der Waals surface area contributed by atoms with Gasteiger partial charge < -0.3 is 10.4 Å². The minimum Gasteiger partial charge on any atom is -0.481 e. The van der Waals surface area contributed by atoms with Crippen molar-refractivity contribution in [2.45, 2.75) is 12.8 Å². The lowest BCUT2D eigenvalue weighted by Gasteiger charge is -2.13. The molecule has 3 nitrogen and oxygen atoms in total. The number of halogens is 2. The van der Waals surface area contributed by atoms with Crippen molar-refractivity contribution in [3.05, 3.63) is 28.2 Å². The van der Waals surface area contributed by atoms with Crippen LogP contribution in [0.3, 0.4) is 0 Å². The van der Waals surface area contributed by atoms with Crippen molar-refractivity contribution in [1.29, 1.82) is 0 Å². The van der Waals surface area contributed by atoms with Gasteiger partial charge in [0.05, 0.1) is 16.1 Å². The molecule has 0 heterocycles. The molecule has 1 aliphatic rings. The van der Waals surface area contributed by atoms with E-state index in [0.29, 0.717) is 16.6 Å². The Hall–Kier alpha value is -0.930. The third-order valence-corrected chi connectivity index (χ3v) is 3.40. The van der Waals surface area contributed by atoms with Crippen molar-refractivity contribution in [3.63, 3.8) is 0 Å². The SMILES string of the molecule is O=C(O)C1(CNc2ccc(Cl)cc2Cl)CC1. The molecule has 1 aliphatic carbocycles. The minimum atomic E-state index is -0.745. The average Bonchev–Trinajstić information content (AvgIpc) is 2.97. The Bertz CT molecular complexity index is 430. The second-order valence-corrected chi connectivity index (χ2v) is 4.91. The average molecular weight is 260 g/mol. The molecule has 0 atom stereocenters. The van der Waals surface area contributed by atoms with Gasteiger partial charge in [0.1, 0.15) is 0 Å². The predicted molar refractivity (Wildman–Crippen MR) is 64.3 cm³/mol. The first-order chi connectivity index (χ1) is 7.53. The summed E-state index contributed by atoms with van der Waals surface area (Å²) in [6.45, 7) is 0.406. The number of benzene rings is 1. The van der Waals surface area contributed by atoms with Crippen LogP contribution in [-0.4, -0.2) is 17.6 Å². The van der Waals surface area contributed by atoms with Crippen LogP contribution in [0.4, 0.5) is 5.69 Å². The van der Waals surface area contributed by atoms with Crippen molar-refractivity contribution in [3.8, 4) is 0 Å². The molecule has 2 rings (SSSR count). The summed E-state index contributed by atoms with van der Waals surface area (Å²) >= 11 is 11.7. The van der Waals surface area contributed by atoms with E-state index in [0.717, 1.165) is 18.5 Å². The molecule has 16 heavy (non-hydrogen) atoms. The van der Waals surface area contributed by atoms with Crippen molar-refractivity contribution >= 4 is 34.9 Å². The minimum absolute atomic E-state index is 0.406. The van der Waals surface area contributed by atoms with E-state index in [-0.39, 0.29) is 0 Å². The van der Waals surface area contributed by atoms with E-state index >= 15 is 0 Å². The second-order valence-electron chi connectivity index (χ2n) is 4.06. The highest BCUT2D eigenvalue weighted by molar-refractivity contribution is 6.36. The molecule has 0 saturated heterocycles. The summed E-state index contributed by atoms with van der Waals surface area (Å²) in [5.74, 6) is -0.745. The summed E-state index contributed by atoms with van der Waals surface area (Å²) in [5, 5.41) is 13.1. The van der Waals surface area contributed by atoms with Gasteiger partial charge in [-0.25, -0.2) is 0 Å². The number of rotatable bonds is 4. The largest absolute Gasteiger partial charge is 0.481 e. The third-order valence-electron chi connectivity index (χ3n) is 2.86. The molecule has 0 bridgehead atoms. The highest BCUT2D eigenvalue weighted by Gasteiger charge is 2.50. The summed E-state index contributed by atoms with van der Waals surface area (Å²) < 4.78 is 0. The van der Waals surface area contributed by atoms with E-state index in [1.165, 1.54) is 0 Å². The molecule has 1 aromatic carbocycles. The zero-order valence-electron chi connectivity index (χ0n) is 8.46. The number of nitrogens with one attached hydrogen (secondary N) is 1. The van der Waals surface area contributed by atoms with Gasteiger partial charge in [-0.05, 0) is 31.0 Å². The maximum atomic E-state index is 10.9. The Balaban J connectivity index is 2.03. The molecule has 0 amide bonds. The molecule has 0 aliphatic heterocycles. The zero-order valence-corrected chi connectivity index (χ0v) is 9.98. The fraction of sp³-hybridized carbons (Fsp3) is 0.364. The zero-order chi connectivity index (χ0) is 11.8. The standard InChI is InChI=1S/C11H11Cl2NO2/c12-7-1-2-9(8(13)5-7)14-6-11(3-4-11)10(15)16/h1-2,5,14H,3-4,6H2,(H,15,16). The molecule has 0 aromatic heterocycles. The number of anilines is 1. The van der Waals surface area contributed by atoms with Gasteiger partial charge >= 0.3 is 5.97 Å². The van der Waals surface area contributed by atoms with Gasteiger partial charge in [0.2, 0.25) is 0 Å². The van der Waals surface area contributed by atoms with Crippen LogP contribution in [0.2, 0.25) is 10.0 Å². The Kier molecular flexibility index (Phi) is 3.00. The van der Waals surface area contributed by atoms with E-state index in [4.69, 9.17) is 28.3 Å². The molecule has 86 valence electrons. The summed E-state index contributed by atoms with van der Waals surface area (Å²) in [6, 6.07) is 5.10. The topological polar surface area (TPSA) is 49.3 Å². The Labute approximate surface area is 103 Å². The van der Waals surface area contributed by atoms with Crippen LogP contribution in [-0.2, 0) is 4.79 Å². The van der Waals surface area contributed by atoms with E-state index in [1.54, 1.807) is 18.2 Å². The fourth-order valence-corrected chi connectivity index (χ4v) is 1.99. The number of carbonyl (C=O) groups is 1. The Morgan fingerprint density at radius 3 is 2.62 bits per heavy atom. The summed E-state index contributed by atoms with van der Waals surface area (Å²) in [5.41, 5.74) is 0.127. The summed E-state index contributed by atoms with van der Waals surface area (Å²) in [4.78, 5) is 10.9. The Morgan fingerprint density at radius 1 is 1.44 bits per heavy atom. The lowest BCUT2D eigenvalue weighted by Crippen LogP contribution is -2.24. The number of aliphatic carboxylic acids is 1. The first-order valence-corrected chi connectivity index (χ1v) is 5.71. The van der Waals surface area contributed by atoms with Crippen molar-refractivity contribution in [2.75, 3.05) is 11.9 Å². The van der Waals surface area contributed by atoms with Crippen LogP contribution in [0.15, 0.2) is 18.2 Å². The Morgan fingerprint density at radius 2 is 2.12 bits per heavy atom. The van der Waals surface area contributed by atoms with Crippen LogP contribution >= 0.6 is 23.2 Å². The first-order valence-electron chi connectivity index (χ1n) is 4.96. The van der Waals surface area contributed by atoms with Gasteiger partial charge in [-0.1, -0.05) is 23.2 Å². The monoisotopic (exact) mass is 259 g/mol. The molecule has 2 N–H and O–H groups in total. The molecule has 1 saturated carbocycles. The van der Waals surface area contributed by atoms with Gasteiger partial charge in [-0.2, -0.15) is 0 Å². The second kappa shape index (κ2) is 4.15. The van der Waals surface area contributed by atoms with Crippen molar-refractivity contribution in [2.24, 2.45) is 5.41 Å². The summed E-state index contributed by atoms with van der Waals surface area (Å²) in [6.07, 6.45) is 1.45. The van der Waals surface area contributed by atoms with Crippen LogP contribution in [0.5, 0.6) is 0 Å². The molecular formula is C11H11Cl2NO2. The third kappa shape index (κ3) is 2.25. The molecular weight excluding hydrogens is 249 g/mol. The molecule has 0 spiro atoms. The summed E-state index contributed by atoms with van der Waals surface area (Å²) in [7, 11) is 0. The number of hydrogen-bond acceptors (Lipinski definition) is 2. The number of carboxylic acid groups (broad SMARTS) is 1. The molecule has 5 heteroatoms. The number of hydrogen-bond donors (Lipinski definition) is 2. The van der Waals surface area contributed by atoms with E-state index in [2.05, 4.69) is 5.32 Å². The van der Waals surface area contributed by atoms with Gasteiger partial charge in [-0.3, -0.25) is 4.79 Å². The van der Waals surface area contributed by atoms with Crippen molar-refractivity contribution in [1.82, 2.24) is 0 Å². The normalized spacial score (nSPS) is 16.9. The first kappa shape index (κ1) is 11.6. The molecule has 0 radical (unpaired) electrons. The quantitative estimate of drug-likeness (QED) is 0.873. The van der Waals surface area contributed by atoms with E-state index in [9.17, 15) is 4.79 Å². The highest BCUT2D eigenvalue weighted by Crippen LogP contribution is 2.46. The molecule has 0 unspecified atom stereocenters. The van der Waals surface area contributed by atoms with Crippen LogP contribution in [0.25, 0.3) is 0 Å². The van der Waals surface area contributed by atoms with Crippen LogP contribution < -0.4 is 5.32 Å². The van der Waals surface area contributed by atoms with Gasteiger partial charge in [0, 0.05) is 11.6 Å². The van der Waals surface area contributed by atoms with Gasteiger partial charge in [-0.15, -0.1) is 0 Å². The maximum Gasteiger partial charge on any atom is 0.311 e. The van der Waals surface area contributed by atoms with E-state index < -0.39 is 11.4 Å². The fourth-order valence-electron chi connectivity index (χ4n) is 1.51. The number of carboxylic acids is 1. The van der Waals surface area contributed by atoms with Gasteiger partial charge in [0.15, 0.2) is 0 Å². The van der Waals surface area contributed by atoms with Crippen molar-refractivity contribution < 1.29 is 9.90 Å². The highest BCUT2D eigenvalue weighted by atomic mass is 35.5.